The van der Waals surface area contributed by atoms with Gasteiger partial charge in [-0.1, -0.05) is 6.58 Å². The zero-order valence-corrected chi connectivity index (χ0v) is 12.6. The highest BCUT2D eigenvalue weighted by Gasteiger charge is 2.34. The molecule has 3 nitrogen and oxygen atoms in total. The number of hydrogen-bond acceptors (Lipinski definition) is 1. The summed E-state index contributed by atoms with van der Waals surface area (Å²) in [5.74, 6) is -0.701. The Bertz CT molecular complexity index is 442. The van der Waals surface area contributed by atoms with E-state index >= 15 is 0 Å². The summed E-state index contributed by atoms with van der Waals surface area (Å²) in [6, 6.07) is 0. The molecule has 19 heavy (non-hydrogen) atoms. The third kappa shape index (κ3) is 4.05. The van der Waals surface area contributed by atoms with E-state index in [1.54, 1.807) is 0 Å². The van der Waals surface area contributed by atoms with E-state index in [2.05, 4.69) is 44.9 Å². The van der Waals surface area contributed by atoms with Gasteiger partial charge in [0.15, 0.2) is 11.3 Å². The highest BCUT2D eigenvalue weighted by atomic mass is 16.4. The minimum atomic E-state index is -0.701. The van der Waals surface area contributed by atoms with Crippen LogP contribution in [0.25, 0.3) is 0 Å². The smallest absolute Gasteiger partial charge is 0.303 e. The van der Waals surface area contributed by atoms with E-state index in [0.29, 0.717) is 0 Å². The average molecular weight is 264 g/mol. The number of rotatable bonds is 6. The fraction of sp³-hybridized carbons (Fsp3) is 0.625. The Labute approximate surface area is 116 Å². The normalized spacial score (nSPS) is 18.5. The Balaban J connectivity index is 2.61. The molecule has 1 aliphatic rings. The number of unbranched alkanes of at least 4 members (excludes halogenated alkanes) is 2. The predicted octanol–water partition coefficient (Wildman–Crippen LogP) is 3.40. The molecule has 0 aromatic heterocycles. The molecule has 1 N–H and O–H groups in total. The molecular formula is C16H26NO2+. The molecule has 0 radical (unpaired) electrons. The first-order chi connectivity index (χ1) is 8.75. The van der Waals surface area contributed by atoms with Crippen LogP contribution in [0.5, 0.6) is 0 Å². The van der Waals surface area contributed by atoms with E-state index in [1.807, 2.05) is 0 Å². The Morgan fingerprint density at radius 2 is 1.95 bits per heavy atom. The van der Waals surface area contributed by atoms with E-state index < -0.39 is 5.97 Å². The fourth-order valence-electron chi connectivity index (χ4n) is 2.75. The van der Waals surface area contributed by atoms with Gasteiger partial charge in [0.05, 0.1) is 0 Å². The molecule has 1 heterocycles. The standard InChI is InChI=1S/C16H25NO2/c1-12-11-16(4,5)17(14(3)13(12)2)10-8-6-7-9-15(18)19/h11H,2,6-10H2,1,3-5H3/p+1. The number of carboxylic acids is 1. The molecule has 0 atom stereocenters. The first-order valence-corrected chi connectivity index (χ1v) is 6.98. The summed E-state index contributed by atoms with van der Waals surface area (Å²) in [6.07, 6.45) is 5.28. The quantitative estimate of drug-likeness (QED) is 0.590. The molecule has 0 aliphatic carbocycles. The summed E-state index contributed by atoms with van der Waals surface area (Å²) >= 11 is 0. The van der Waals surface area contributed by atoms with Gasteiger partial charge in [0, 0.05) is 39.2 Å². The fourth-order valence-corrected chi connectivity index (χ4v) is 2.75. The average Bonchev–Trinajstić information content (AvgIpc) is 2.29. The van der Waals surface area contributed by atoms with Gasteiger partial charge in [-0.25, -0.2) is 4.58 Å². The molecule has 106 valence electrons. The third-order valence-corrected chi connectivity index (χ3v) is 3.86. The maximum Gasteiger partial charge on any atom is 0.303 e. The van der Waals surface area contributed by atoms with E-state index in [4.69, 9.17) is 5.11 Å². The summed E-state index contributed by atoms with van der Waals surface area (Å²) in [6.45, 7) is 13.8. The zero-order valence-electron chi connectivity index (χ0n) is 12.6. The molecule has 0 fully saturated rings. The van der Waals surface area contributed by atoms with Crippen LogP contribution < -0.4 is 0 Å². The van der Waals surface area contributed by atoms with Crippen molar-refractivity contribution in [3.05, 3.63) is 23.8 Å². The maximum atomic E-state index is 10.5. The number of aliphatic carboxylic acids is 1. The Kier molecular flexibility index (Phi) is 5.10. The molecule has 1 aliphatic heterocycles. The van der Waals surface area contributed by atoms with Crippen molar-refractivity contribution in [3.8, 4) is 0 Å². The van der Waals surface area contributed by atoms with E-state index in [9.17, 15) is 4.79 Å². The van der Waals surface area contributed by atoms with Gasteiger partial charge in [-0.3, -0.25) is 4.79 Å². The van der Waals surface area contributed by atoms with Crippen molar-refractivity contribution in [2.75, 3.05) is 6.54 Å². The Hall–Kier alpha value is -1.38. The van der Waals surface area contributed by atoms with E-state index in [0.717, 1.165) is 31.4 Å². The Morgan fingerprint density at radius 1 is 1.32 bits per heavy atom. The van der Waals surface area contributed by atoms with Gasteiger partial charge < -0.3 is 5.11 Å². The van der Waals surface area contributed by atoms with Crippen LogP contribution in [-0.4, -0.2) is 33.4 Å². The summed E-state index contributed by atoms with van der Waals surface area (Å²) in [4.78, 5) is 10.5. The van der Waals surface area contributed by atoms with Crippen LogP contribution in [-0.2, 0) is 4.79 Å². The van der Waals surface area contributed by atoms with Crippen molar-refractivity contribution in [2.45, 2.75) is 58.9 Å². The topological polar surface area (TPSA) is 40.3 Å². The van der Waals surface area contributed by atoms with Crippen molar-refractivity contribution in [3.63, 3.8) is 0 Å². The predicted molar refractivity (Wildman–Crippen MR) is 78.9 cm³/mol. The molecule has 0 saturated carbocycles. The molecular weight excluding hydrogens is 238 g/mol. The summed E-state index contributed by atoms with van der Waals surface area (Å²) in [5.41, 5.74) is 3.63. The maximum absolute atomic E-state index is 10.5. The molecule has 3 heteroatoms. The lowest BCUT2D eigenvalue weighted by molar-refractivity contribution is -0.589. The van der Waals surface area contributed by atoms with Crippen LogP contribution in [0.1, 0.15) is 53.4 Å². The largest absolute Gasteiger partial charge is 0.481 e. The molecule has 0 bridgehead atoms. The number of nitrogens with zero attached hydrogens (tertiary/aromatic N) is 1. The van der Waals surface area contributed by atoms with Crippen molar-refractivity contribution in [1.29, 1.82) is 0 Å². The van der Waals surface area contributed by atoms with Crippen LogP contribution in [0.2, 0.25) is 0 Å². The van der Waals surface area contributed by atoms with Gasteiger partial charge in [0.2, 0.25) is 0 Å². The highest BCUT2D eigenvalue weighted by molar-refractivity contribution is 5.98. The second kappa shape index (κ2) is 6.18. The molecule has 0 amide bonds. The van der Waals surface area contributed by atoms with Crippen LogP contribution >= 0.6 is 0 Å². The summed E-state index contributed by atoms with van der Waals surface area (Å²) in [5, 5.41) is 8.62. The highest BCUT2D eigenvalue weighted by Crippen LogP contribution is 2.25. The monoisotopic (exact) mass is 264 g/mol. The van der Waals surface area contributed by atoms with Crippen molar-refractivity contribution in [1.82, 2.24) is 0 Å². The van der Waals surface area contributed by atoms with Crippen LogP contribution in [0.3, 0.4) is 0 Å². The minimum absolute atomic E-state index is 0.0160. The van der Waals surface area contributed by atoms with Gasteiger partial charge in [-0.15, -0.1) is 0 Å². The lowest BCUT2D eigenvalue weighted by atomic mass is 9.90. The SMILES string of the molecule is C=C1C(C)=CC(C)(C)[N+](CCCCCC(=O)O)=C1C. The summed E-state index contributed by atoms with van der Waals surface area (Å²) in [7, 11) is 0. The first kappa shape index (κ1) is 15.7. The van der Waals surface area contributed by atoms with Gasteiger partial charge in [0.25, 0.3) is 0 Å². The number of carboxylic acid groups (broad SMARTS) is 1. The zero-order chi connectivity index (χ0) is 14.6. The minimum Gasteiger partial charge on any atom is -0.481 e. The molecule has 0 unspecified atom stereocenters. The first-order valence-electron chi connectivity index (χ1n) is 6.98. The molecule has 0 saturated heterocycles. The van der Waals surface area contributed by atoms with Gasteiger partial charge >= 0.3 is 5.97 Å². The lowest BCUT2D eigenvalue weighted by Crippen LogP contribution is -2.42. The summed E-state index contributed by atoms with van der Waals surface area (Å²) < 4.78 is 2.38. The van der Waals surface area contributed by atoms with Crippen molar-refractivity contribution in [2.24, 2.45) is 0 Å². The number of carbonyl (C=O) groups is 1. The van der Waals surface area contributed by atoms with Crippen molar-refractivity contribution >= 4 is 11.7 Å². The molecule has 0 spiro atoms. The third-order valence-electron chi connectivity index (χ3n) is 3.86. The van der Waals surface area contributed by atoms with E-state index in [-0.39, 0.29) is 12.0 Å². The van der Waals surface area contributed by atoms with Crippen LogP contribution in [0, 0.1) is 0 Å². The van der Waals surface area contributed by atoms with Gasteiger partial charge in [0.1, 0.15) is 6.54 Å². The van der Waals surface area contributed by atoms with Crippen LogP contribution in [0.15, 0.2) is 23.8 Å². The molecule has 1 rings (SSSR count). The second-order valence-corrected chi connectivity index (χ2v) is 5.90. The number of allylic oxidation sites excluding steroid dienone is 2. The molecule has 0 aromatic carbocycles. The van der Waals surface area contributed by atoms with Gasteiger partial charge in [-0.05, 0) is 31.4 Å². The lowest BCUT2D eigenvalue weighted by Gasteiger charge is -2.27. The second-order valence-electron chi connectivity index (χ2n) is 5.90. The number of hydrogen-bond donors (Lipinski definition) is 1. The molecule has 0 aromatic rings. The van der Waals surface area contributed by atoms with E-state index in [1.165, 1.54) is 11.3 Å². The Morgan fingerprint density at radius 3 is 2.53 bits per heavy atom. The van der Waals surface area contributed by atoms with Gasteiger partial charge in [-0.2, -0.15) is 0 Å². The van der Waals surface area contributed by atoms with Crippen LogP contribution in [0.4, 0.5) is 0 Å². The van der Waals surface area contributed by atoms with Crippen molar-refractivity contribution < 1.29 is 14.5 Å².